The zero-order chi connectivity index (χ0) is 7.40. The van der Waals surface area contributed by atoms with Gasteiger partial charge in [-0.3, -0.25) is 0 Å². The van der Waals surface area contributed by atoms with Crippen molar-refractivity contribution < 1.29 is 0 Å². The van der Waals surface area contributed by atoms with E-state index < -0.39 is 0 Å². The Labute approximate surface area is 80.4 Å². The summed E-state index contributed by atoms with van der Waals surface area (Å²) >= 11 is 15.4. The largest absolute Gasteiger partial charge is 0.160 e. The minimum Gasteiger partial charge on any atom is -0.160 e. The third-order valence-electron chi connectivity index (χ3n) is 1.34. The summed E-state index contributed by atoms with van der Waals surface area (Å²) in [7, 11) is 0. The second kappa shape index (κ2) is 5.02. The van der Waals surface area contributed by atoms with Crippen molar-refractivity contribution in [2.24, 2.45) is 0 Å². The van der Waals surface area contributed by atoms with Crippen molar-refractivity contribution in [3.8, 4) is 0 Å². The Bertz CT molecular complexity index is 89.7. The zero-order valence-corrected chi connectivity index (χ0v) is 8.70. The van der Waals surface area contributed by atoms with E-state index >= 15 is 0 Å². The molecule has 1 saturated heterocycles. The molecule has 1 aliphatic heterocycles. The molecule has 1 rings (SSSR count). The molecule has 0 nitrogen and oxygen atoms in total. The van der Waals surface area contributed by atoms with Crippen LogP contribution in [0.25, 0.3) is 0 Å². The predicted molar refractivity (Wildman–Crippen MR) is 53.9 cm³/mol. The quantitative estimate of drug-likeness (QED) is 0.652. The van der Waals surface area contributed by atoms with Gasteiger partial charge in [0.2, 0.25) is 0 Å². The van der Waals surface area contributed by atoms with Crippen LogP contribution >= 0.6 is 46.7 Å². The lowest BCUT2D eigenvalue weighted by Gasteiger charge is -2.25. The van der Waals surface area contributed by atoms with E-state index in [1.165, 1.54) is 11.5 Å². The Morgan fingerprint density at radius 2 is 1.60 bits per heavy atom. The van der Waals surface area contributed by atoms with Crippen LogP contribution in [0.5, 0.6) is 0 Å². The number of alkyl halides is 2. The SMILES string of the molecule is ClCC1CSCC(CCl)S1. The number of hydrogen-bond donors (Lipinski definition) is 0. The number of hydrogen-bond acceptors (Lipinski definition) is 2. The van der Waals surface area contributed by atoms with Gasteiger partial charge in [-0.15, -0.1) is 23.2 Å². The van der Waals surface area contributed by atoms with Crippen LogP contribution in [-0.2, 0) is 0 Å². The molecule has 0 aromatic heterocycles. The van der Waals surface area contributed by atoms with Gasteiger partial charge in [-0.25, -0.2) is 0 Å². The van der Waals surface area contributed by atoms with E-state index in [1.807, 2.05) is 23.5 Å². The van der Waals surface area contributed by atoms with E-state index in [4.69, 9.17) is 23.2 Å². The van der Waals surface area contributed by atoms with Crippen LogP contribution in [0.4, 0.5) is 0 Å². The van der Waals surface area contributed by atoms with Crippen LogP contribution in [-0.4, -0.2) is 33.8 Å². The zero-order valence-electron chi connectivity index (χ0n) is 5.56. The van der Waals surface area contributed by atoms with E-state index in [9.17, 15) is 0 Å². The van der Waals surface area contributed by atoms with Crippen molar-refractivity contribution in [2.45, 2.75) is 10.5 Å². The second-order valence-corrected chi connectivity index (χ2v) is 5.52. The Morgan fingerprint density at radius 3 is 2.00 bits per heavy atom. The molecule has 0 bridgehead atoms. The van der Waals surface area contributed by atoms with Gasteiger partial charge in [0, 0.05) is 33.8 Å². The minimum atomic E-state index is 0.629. The summed E-state index contributed by atoms with van der Waals surface area (Å²) in [6.45, 7) is 0. The highest BCUT2D eigenvalue weighted by Crippen LogP contribution is 2.31. The summed E-state index contributed by atoms with van der Waals surface area (Å²) in [4.78, 5) is 0. The first-order valence-corrected chi connectivity index (χ1v) is 6.38. The Hall–Kier alpha value is 1.28. The van der Waals surface area contributed by atoms with Crippen LogP contribution in [0.15, 0.2) is 0 Å². The normalized spacial score (nSPS) is 34.2. The fourth-order valence-electron chi connectivity index (χ4n) is 0.843. The van der Waals surface area contributed by atoms with Crippen molar-refractivity contribution in [3.63, 3.8) is 0 Å². The first-order chi connectivity index (χ1) is 4.86. The van der Waals surface area contributed by atoms with E-state index in [2.05, 4.69) is 0 Å². The molecule has 0 radical (unpaired) electrons. The van der Waals surface area contributed by atoms with Crippen LogP contribution in [0, 0.1) is 0 Å². The van der Waals surface area contributed by atoms with Crippen LogP contribution in [0.3, 0.4) is 0 Å². The van der Waals surface area contributed by atoms with E-state index in [0.717, 1.165) is 11.8 Å². The van der Waals surface area contributed by atoms with Crippen molar-refractivity contribution in [1.82, 2.24) is 0 Å². The summed E-state index contributed by atoms with van der Waals surface area (Å²) in [6.07, 6.45) is 0. The average Bonchev–Trinajstić information content (AvgIpc) is 2.05. The molecule has 0 aromatic rings. The second-order valence-electron chi connectivity index (χ2n) is 2.23. The standard InChI is InChI=1S/C6H10Cl2S2/c7-1-5-3-9-4-6(2-8)10-5/h5-6H,1-4H2. The fourth-order valence-corrected chi connectivity index (χ4v) is 4.55. The van der Waals surface area contributed by atoms with Crippen molar-refractivity contribution in [1.29, 1.82) is 0 Å². The minimum absolute atomic E-state index is 0.629. The van der Waals surface area contributed by atoms with Crippen LogP contribution < -0.4 is 0 Å². The molecule has 0 saturated carbocycles. The van der Waals surface area contributed by atoms with E-state index in [1.54, 1.807) is 0 Å². The Balaban J connectivity index is 2.25. The van der Waals surface area contributed by atoms with Gasteiger partial charge in [0.05, 0.1) is 0 Å². The van der Waals surface area contributed by atoms with Gasteiger partial charge in [-0.2, -0.15) is 23.5 Å². The molecule has 2 unspecified atom stereocenters. The highest BCUT2D eigenvalue weighted by molar-refractivity contribution is 8.07. The maximum atomic E-state index is 5.73. The highest BCUT2D eigenvalue weighted by atomic mass is 35.5. The highest BCUT2D eigenvalue weighted by Gasteiger charge is 2.20. The molecule has 4 heteroatoms. The molecule has 10 heavy (non-hydrogen) atoms. The van der Waals surface area contributed by atoms with Crippen LogP contribution in [0.2, 0.25) is 0 Å². The lowest BCUT2D eigenvalue weighted by molar-refractivity contribution is 1.05. The smallest absolute Gasteiger partial charge is 0.0350 e. The maximum absolute atomic E-state index is 5.73. The van der Waals surface area contributed by atoms with Gasteiger partial charge in [0.1, 0.15) is 0 Å². The molecule has 2 atom stereocenters. The van der Waals surface area contributed by atoms with Crippen molar-refractivity contribution in [2.75, 3.05) is 23.3 Å². The van der Waals surface area contributed by atoms with Gasteiger partial charge in [0.25, 0.3) is 0 Å². The topological polar surface area (TPSA) is 0 Å². The number of thioether (sulfide) groups is 2. The lowest BCUT2D eigenvalue weighted by Crippen LogP contribution is -2.24. The third-order valence-corrected chi connectivity index (χ3v) is 5.58. The molecule has 60 valence electrons. The summed E-state index contributed by atoms with van der Waals surface area (Å²) in [5, 5.41) is 1.26. The molecule has 0 amide bonds. The van der Waals surface area contributed by atoms with Gasteiger partial charge >= 0.3 is 0 Å². The summed E-state index contributed by atoms with van der Waals surface area (Å²) in [6, 6.07) is 0. The van der Waals surface area contributed by atoms with Gasteiger partial charge in [-0.1, -0.05) is 0 Å². The molecule has 1 aliphatic rings. The molecule has 0 aliphatic carbocycles. The van der Waals surface area contributed by atoms with E-state index in [-0.39, 0.29) is 0 Å². The van der Waals surface area contributed by atoms with Crippen molar-refractivity contribution in [3.05, 3.63) is 0 Å². The summed E-state index contributed by atoms with van der Waals surface area (Å²) < 4.78 is 0. The Morgan fingerprint density at radius 1 is 1.10 bits per heavy atom. The fraction of sp³-hybridized carbons (Fsp3) is 1.00. The predicted octanol–water partition coefficient (Wildman–Crippen LogP) is 2.68. The number of halogens is 2. The lowest BCUT2D eigenvalue weighted by atomic mass is 10.5. The molecule has 1 heterocycles. The van der Waals surface area contributed by atoms with Gasteiger partial charge in [0.15, 0.2) is 0 Å². The van der Waals surface area contributed by atoms with Gasteiger partial charge < -0.3 is 0 Å². The maximum Gasteiger partial charge on any atom is 0.0350 e. The molecular formula is C6H10Cl2S2. The first-order valence-electron chi connectivity index (χ1n) is 3.22. The average molecular weight is 217 g/mol. The molecule has 0 spiro atoms. The molecule has 1 fully saturated rings. The first kappa shape index (κ1) is 9.37. The summed E-state index contributed by atoms with van der Waals surface area (Å²) in [5.74, 6) is 3.93. The molecule has 0 N–H and O–H groups in total. The molecular weight excluding hydrogens is 207 g/mol. The van der Waals surface area contributed by atoms with Crippen LogP contribution in [0.1, 0.15) is 0 Å². The number of rotatable bonds is 2. The summed E-state index contributed by atoms with van der Waals surface area (Å²) in [5.41, 5.74) is 0. The third kappa shape index (κ3) is 2.72. The van der Waals surface area contributed by atoms with Gasteiger partial charge in [-0.05, 0) is 0 Å². The van der Waals surface area contributed by atoms with E-state index in [0.29, 0.717) is 10.5 Å². The monoisotopic (exact) mass is 216 g/mol. The van der Waals surface area contributed by atoms with Crippen molar-refractivity contribution >= 4 is 46.7 Å². The Kier molecular flexibility index (Phi) is 4.70. The molecule has 0 aromatic carbocycles.